The monoisotopic (exact) mass is 513 g/mol. The van der Waals surface area contributed by atoms with E-state index in [1.165, 1.54) is 11.1 Å². The summed E-state index contributed by atoms with van der Waals surface area (Å²) in [6.45, 7) is 13.3. The van der Waals surface area contributed by atoms with Crippen LogP contribution in [0.1, 0.15) is 37.8 Å². The number of likely N-dealkylation sites (tertiary alicyclic amines) is 1. The van der Waals surface area contributed by atoms with Crippen LogP contribution in [0.2, 0.25) is 0 Å². The van der Waals surface area contributed by atoms with Crippen LogP contribution in [0.15, 0.2) is 29.3 Å². The molecular weight excluding hydrogens is 477 g/mol. The summed E-state index contributed by atoms with van der Waals surface area (Å²) in [6.07, 6.45) is 2.30. The van der Waals surface area contributed by atoms with E-state index in [-0.39, 0.29) is 30.0 Å². The summed E-state index contributed by atoms with van der Waals surface area (Å²) in [6, 6.07) is 8.50. The van der Waals surface area contributed by atoms with Gasteiger partial charge in [-0.05, 0) is 39.2 Å². The number of aliphatic imine (C=N–C) groups is 1. The van der Waals surface area contributed by atoms with Gasteiger partial charge in [-0.2, -0.15) is 0 Å². The first-order valence-electron chi connectivity index (χ1n) is 10.7. The van der Waals surface area contributed by atoms with Crippen molar-refractivity contribution >= 4 is 35.8 Å². The second-order valence-corrected chi connectivity index (χ2v) is 7.89. The molecule has 2 aliphatic heterocycles. The summed E-state index contributed by atoms with van der Waals surface area (Å²) >= 11 is 0. The molecule has 0 radical (unpaired) electrons. The van der Waals surface area contributed by atoms with Crippen LogP contribution in [0.3, 0.4) is 0 Å². The van der Waals surface area contributed by atoms with Gasteiger partial charge in [-0.1, -0.05) is 29.8 Å². The summed E-state index contributed by atoms with van der Waals surface area (Å²) < 4.78 is 0. The molecule has 0 spiro atoms. The highest BCUT2D eigenvalue weighted by Gasteiger charge is 2.30. The van der Waals surface area contributed by atoms with E-state index >= 15 is 0 Å². The molecule has 0 bridgehead atoms. The highest BCUT2D eigenvalue weighted by Crippen LogP contribution is 2.14. The Bertz CT molecular complexity index is 682. The van der Waals surface area contributed by atoms with Crippen molar-refractivity contribution in [3.63, 3.8) is 0 Å². The van der Waals surface area contributed by atoms with Crippen molar-refractivity contribution in [1.82, 2.24) is 20.0 Å². The van der Waals surface area contributed by atoms with Crippen molar-refractivity contribution in [1.29, 1.82) is 0 Å². The van der Waals surface area contributed by atoms with Gasteiger partial charge in [-0.15, -0.1) is 24.0 Å². The zero-order valence-electron chi connectivity index (χ0n) is 18.1. The minimum absolute atomic E-state index is 0. The number of aryl methyl sites for hydroxylation is 1. The van der Waals surface area contributed by atoms with Crippen molar-refractivity contribution in [3.8, 4) is 0 Å². The Morgan fingerprint density at radius 2 is 1.79 bits per heavy atom. The maximum Gasteiger partial charge on any atom is 0.239 e. The van der Waals surface area contributed by atoms with E-state index in [0.29, 0.717) is 12.5 Å². The van der Waals surface area contributed by atoms with Crippen LogP contribution in [-0.2, 0) is 11.3 Å². The second-order valence-electron chi connectivity index (χ2n) is 7.89. The van der Waals surface area contributed by atoms with Crippen LogP contribution in [0, 0.1) is 6.92 Å². The van der Waals surface area contributed by atoms with Crippen molar-refractivity contribution in [3.05, 3.63) is 35.4 Å². The summed E-state index contributed by atoms with van der Waals surface area (Å²) in [5, 5.41) is 3.43. The van der Waals surface area contributed by atoms with Gasteiger partial charge in [0.2, 0.25) is 5.91 Å². The Morgan fingerprint density at radius 1 is 1.10 bits per heavy atom. The minimum Gasteiger partial charge on any atom is -0.357 e. The van der Waals surface area contributed by atoms with Crippen LogP contribution in [0.5, 0.6) is 0 Å². The second kappa shape index (κ2) is 11.7. The lowest BCUT2D eigenvalue weighted by molar-refractivity contribution is -0.135. The summed E-state index contributed by atoms with van der Waals surface area (Å²) in [5.41, 5.74) is 2.50. The van der Waals surface area contributed by atoms with Gasteiger partial charge in [-0.3, -0.25) is 9.69 Å². The highest BCUT2D eigenvalue weighted by molar-refractivity contribution is 14.0. The van der Waals surface area contributed by atoms with E-state index in [0.717, 1.165) is 64.6 Å². The van der Waals surface area contributed by atoms with E-state index in [2.05, 4.69) is 60.2 Å². The molecule has 7 heteroatoms. The molecule has 2 heterocycles. The number of guanidine groups is 1. The first-order chi connectivity index (χ1) is 13.6. The molecule has 2 saturated heterocycles. The van der Waals surface area contributed by atoms with Crippen molar-refractivity contribution < 1.29 is 4.79 Å². The lowest BCUT2D eigenvalue weighted by Gasteiger charge is -2.39. The maximum atomic E-state index is 12.7. The van der Waals surface area contributed by atoms with E-state index in [9.17, 15) is 4.79 Å². The summed E-state index contributed by atoms with van der Waals surface area (Å²) in [7, 11) is 0. The quantitative estimate of drug-likeness (QED) is 0.374. The first kappa shape index (κ1) is 23.9. The molecule has 0 saturated carbocycles. The van der Waals surface area contributed by atoms with Gasteiger partial charge in [0.1, 0.15) is 0 Å². The Morgan fingerprint density at radius 3 is 2.41 bits per heavy atom. The number of amides is 1. The van der Waals surface area contributed by atoms with Gasteiger partial charge in [0.05, 0.1) is 12.6 Å². The van der Waals surface area contributed by atoms with Crippen molar-refractivity contribution in [2.45, 2.75) is 46.2 Å². The number of nitrogens with zero attached hydrogens (tertiary/aromatic N) is 4. The average Bonchev–Trinajstić information content (AvgIpc) is 3.25. The van der Waals surface area contributed by atoms with Crippen LogP contribution >= 0.6 is 24.0 Å². The van der Waals surface area contributed by atoms with E-state index in [1.54, 1.807) is 0 Å². The largest absolute Gasteiger partial charge is 0.357 e. The number of carbonyl (C=O) groups excluding carboxylic acids is 1. The van der Waals surface area contributed by atoms with Crippen LogP contribution in [-0.4, -0.2) is 78.4 Å². The van der Waals surface area contributed by atoms with Crippen LogP contribution < -0.4 is 5.32 Å². The standard InChI is InChI=1S/C22H35N5O.HI/c1-4-23-22(24-17-20-9-7-8-18(2)16-20)27-14-12-25(13-15-27)19(3)21(28)26-10-5-6-11-26;/h7-9,16,19H,4-6,10-15,17H2,1-3H3,(H,23,24);1H. The lowest BCUT2D eigenvalue weighted by atomic mass is 10.1. The summed E-state index contributed by atoms with van der Waals surface area (Å²) in [4.78, 5) is 24.2. The number of halogens is 1. The number of nitrogens with one attached hydrogen (secondary N) is 1. The van der Waals surface area contributed by atoms with Crippen LogP contribution in [0.4, 0.5) is 0 Å². The third-order valence-electron chi connectivity index (χ3n) is 5.77. The molecule has 1 aromatic rings. The van der Waals surface area contributed by atoms with Gasteiger partial charge in [0.25, 0.3) is 0 Å². The SMILES string of the molecule is CCNC(=NCc1cccc(C)c1)N1CCN(C(C)C(=O)N2CCCC2)CC1.I. The van der Waals surface area contributed by atoms with Gasteiger partial charge in [-0.25, -0.2) is 4.99 Å². The average molecular weight is 513 g/mol. The molecule has 1 aromatic carbocycles. The van der Waals surface area contributed by atoms with Crippen molar-refractivity contribution in [2.24, 2.45) is 4.99 Å². The smallest absolute Gasteiger partial charge is 0.239 e. The molecule has 6 nitrogen and oxygen atoms in total. The highest BCUT2D eigenvalue weighted by atomic mass is 127. The normalized spacial score (nSPS) is 19.1. The molecule has 162 valence electrons. The molecule has 0 aliphatic carbocycles. The summed E-state index contributed by atoms with van der Waals surface area (Å²) in [5.74, 6) is 1.27. The number of piperazine rings is 1. The number of hydrogen-bond donors (Lipinski definition) is 1. The molecule has 1 unspecified atom stereocenters. The molecule has 2 fully saturated rings. The van der Waals surface area contributed by atoms with E-state index in [1.807, 2.05) is 4.90 Å². The lowest BCUT2D eigenvalue weighted by Crippen LogP contribution is -2.57. The number of rotatable bonds is 5. The zero-order chi connectivity index (χ0) is 19.9. The molecule has 2 aliphatic rings. The Balaban J connectivity index is 0.00000300. The number of hydrogen-bond acceptors (Lipinski definition) is 3. The molecule has 29 heavy (non-hydrogen) atoms. The molecule has 1 atom stereocenters. The Hall–Kier alpha value is -1.35. The minimum atomic E-state index is -0.0212. The number of carbonyl (C=O) groups is 1. The van der Waals surface area contributed by atoms with Gasteiger partial charge < -0.3 is 15.1 Å². The fourth-order valence-corrected chi connectivity index (χ4v) is 4.08. The van der Waals surface area contributed by atoms with Gasteiger partial charge in [0, 0.05) is 45.8 Å². The fourth-order valence-electron chi connectivity index (χ4n) is 4.08. The Kier molecular flexibility index (Phi) is 9.68. The number of benzene rings is 1. The molecular formula is C22H36IN5O. The van der Waals surface area contributed by atoms with E-state index in [4.69, 9.17) is 4.99 Å². The third-order valence-corrected chi connectivity index (χ3v) is 5.77. The molecule has 1 N–H and O–H groups in total. The predicted octanol–water partition coefficient (Wildman–Crippen LogP) is 2.71. The third kappa shape index (κ3) is 6.57. The molecule has 1 amide bonds. The van der Waals surface area contributed by atoms with Gasteiger partial charge >= 0.3 is 0 Å². The Labute approximate surface area is 192 Å². The maximum absolute atomic E-state index is 12.7. The topological polar surface area (TPSA) is 51.2 Å². The molecule has 3 rings (SSSR count). The zero-order valence-corrected chi connectivity index (χ0v) is 20.4. The van der Waals surface area contributed by atoms with E-state index < -0.39 is 0 Å². The van der Waals surface area contributed by atoms with Crippen LogP contribution in [0.25, 0.3) is 0 Å². The van der Waals surface area contributed by atoms with Crippen molar-refractivity contribution in [2.75, 3.05) is 45.8 Å². The van der Waals surface area contributed by atoms with Gasteiger partial charge in [0.15, 0.2) is 5.96 Å². The molecule has 0 aromatic heterocycles. The fraction of sp³-hybridized carbons (Fsp3) is 0.636. The first-order valence-corrected chi connectivity index (χ1v) is 10.7. The predicted molar refractivity (Wildman–Crippen MR) is 130 cm³/mol.